The van der Waals surface area contributed by atoms with Gasteiger partial charge in [-0.1, -0.05) is 6.42 Å². The number of rotatable bonds is 2. The lowest BCUT2D eigenvalue weighted by Crippen LogP contribution is -2.40. The number of amides is 1. The zero-order valence-electron chi connectivity index (χ0n) is 13.6. The third kappa shape index (κ3) is 2.94. The van der Waals surface area contributed by atoms with Crippen molar-refractivity contribution in [3.8, 4) is 0 Å². The van der Waals surface area contributed by atoms with Gasteiger partial charge in [-0.25, -0.2) is 0 Å². The molecule has 0 spiro atoms. The first-order valence-corrected chi connectivity index (χ1v) is 8.24. The molecule has 2 bridgehead atoms. The Morgan fingerprint density at radius 1 is 1.27 bits per heavy atom. The van der Waals surface area contributed by atoms with E-state index in [0.717, 1.165) is 24.9 Å². The molecule has 5 heteroatoms. The van der Waals surface area contributed by atoms with Gasteiger partial charge in [-0.3, -0.25) is 14.3 Å². The molecule has 1 aromatic rings. The summed E-state index contributed by atoms with van der Waals surface area (Å²) in [7, 11) is 0. The van der Waals surface area contributed by atoms with Gasteiger partial charge in [0.2, 0.25) is 5.91 Å². The summed E-state index contributed by atoms with van der Waals surface area (Å²) >= 11 is 0. The Kier molecular flexibility index (Phi) is 3.83. The smallest absolute Gasteiger partial charge is 0.227 e. The zero-order chi connectivity index (χ0) is 15.9. The number of aromatic nitrogens is 2. The fourth-order valence-corrected chi connectivity index (χ4v) is 3.69. The SMILES string of the molecule is CC(C)(C)n1cc(NC(=O)C2CC3CCCC(C2)C3=O)cn1. The van der Waals surface area contributed by atoms with Crippen molar-refractivity contribution in [3.05, 3.63) is 12.4 Å². The summed E-state index contributed by atoms with van der Waals surface area (Å²) in [5.74, 6) is 0.626. The van der Waals surface area contributed by atoms with Crippen molar-refractivity contribution in [3.63, 3.8) is 0 Å². The third-order valence-electron chi connectivity index (χ3n) is 4.96. The summed E-state index contributed by atoms with van der Waals surface area (Å²) in [6, 6.07) is 0. The molecule has 120 valence electrons. The predicted molar refractivity (Wildman–Crippen MR) is 84.4 cm³/mol. The first-order valence-electron chi connectivity index (χ1n) is 8.24. The number of carbonyl (C=O) groups is 2. The Hall–Kier alpha value is -1.65. The highest BCUT2D eigenvalue weighted by Crippen LogP contribution is 2.40. The molecule has 1 aromatic heterocycles. The van der Waals surface area contributed by atoms with Crippen LogP contribution in [-0.2, 0) is 15.1 Å². The van der Waals surface area contributed by atoms with Crippen molar-refractivity contribution in [2.75, 3.05) is 5.32 Å². The van der Waals surface area contributed by atoms with E-state index in [1.165, 1.54) is 0 Å². The minimum absolute atomic E-state index is 0.0361. The molecule has 1 N–H and O–H groups in total. The van der Waals surface area contributed by atoms with E-state index in [2.05, 4.69) is 31.2 Å². The van der Waals surface area contributed by atoms with Crippen LogP contribution in [0.15, 0.2) is 12.4 Å². The predicted octanol–water partition coefficient (Wildman–Crippen LogP) is 2.97. The lowest BCUT2D eigenvalue weighted by molar-refractivity contribution is -0.136. The van der Waals surface area contributed by atoms with Crippen LogP contribution >= 0.6 is 0 Å². The standard InChI is InChI=1S/C17H25N3O2/c1-17(2,3)20-10-14(9-18-20)19-16(22)13-7-11-5-4-6-12(8-13)15(11)21/h9-13H,4-8H2,1-3H3,(H,19,22). The average Bonchev–Trinajstić information content (AvgIpc) is 2.86. The molecule has 2 atom stereocenters. The highest BCUT2D eigenvalue weighted by molar-refractivity contribution is 5.94. The molecule has 0 radical (unpaired) electrons. The van der Waals surface area contributed by atoms with Crippen LogP contribution in [0.5, 0.6) is 0 Å². The van der Waals surface area contributed by atoms with Gasteiger partial charge in [0.25, 0.3) is 0 Å². The minimum atomic E-state index is -0.0999. The second kappa shape index (κ2) is 5.52. The van der Waals surface area contributed by atoms with Crippen LogP contribution in [0.3, 0.4) is 0 Å². The maximum absolute atomic E-state index is 12.5. The lowest BCUT2D eigenvalue weighted by atomic mass is 9.67. The van der Waals surface area contributed by atoms with Gasteiger partial charge in [-0.2, -0.15) is 5.10 Å². The van der Waals surface area contributed by atoms with Gasteiger partial charge in [-0.05, 0) is 46.5 Å². The largest absolute Gasteiger partial charge is 0.323 e. The zero-order valence-corrected chi connectivity index (χ0v) is 13.6. The van der Waals surface area contributed by atoms with Crippen LogP contribution in [0, 0.1) is 17.8 Å². The molecule has 1 heterocycles. The number of fused-ring (bicyclic) bond motifs is 2. The first kappa shape index (κ1) is 15.3. The number of ketones is 1. The van der Waals surface area contributed by atoms with Gasteiger partial charge >= 0.3 is 0 Å². The second-order valence-corrected chi connectivity index (χ2v) is 7.73. The molecule has 1 amide bonds. The Morgan fingerprint density at radius 3 is 2.45 bits per heavy atom. The van der Waals surface area contributed by atoms with E-state index >= 15 is 0 Å². The Bertz CT molecular complexity index is 569. The van der Waals surface area contributed by atoms with Crippen molar-refractivity contribution >= 4 is 17.4 Å². The van der Waals surface area contributed by atoms with Gasteiger partial charge in [-0.15, -0.1) is 0 Å². The molecule has 2 aliphatic carbocycles. The molecule has 2 saturated carbocycles. The number of Topliss-reactive ketones (excluding diaryl/α,β-unsaturated/α-hetero) is 1. The molecular weight excluding hydrogens is 278 g/mol. The van der Waals surface area contributed by atoms with E-state index in [0.29, 0.717) is 18.6 Å². The van der Waals surface area contributed by atoms with E-state index in [9.17, 15) is 9.59 Å². The lowest BCUT2D eigenvalue weighted by Gasteiger charge is -2.36. The monoisotopic (exact) mass is 303 g/mol. The molecule has 0 aromatic carbocycles. The summed E-state index contributed by atoms with van der Waals surface area (Å²) < 4.78 is 1.85. The third-order valence-corrected chi connectivity index (χ3v) is 4.96. The van der Waals surface area contributed by atoms with E-state index in [4.69, 9.17) is 0 Å². The fourth-order valence-electron chi connectivity index (χ4n) is 3.69. The number of nitrogens with zero attached hydrogens (tertiary/aromatic N) is 2. The highest BCUT2D eigenvalue weighted by Gasteiger charge is 2.41. The normalized spacial score (nSPS) is 28.5. The number of hydrogen-bond donors (Lipinski definition) is 1. The van der Waals surface area contributed by atoms with Crippen LogP contribution in [0.25, 0.3) is 0 Å². The van der Waals surface area contributed by atoms with Crippen LogP contribution in [0.2, 0.25) is 0 Å². The van der Waals surface area contributed by atoms with E-state index < -0.39 is 0 Å². The molecule has 0 aliphatic heterocycles. The summed E-state index contributed by atoms with van der Waals surface area (Å²) in [4.78, 5) is 24.6. The van der Waals surface area contributed by atoms with Crippen molar-refractivity contribution in [1.29, 1.82) is 0 Å². The highest BCUT2D eigenvalue weighted by atomic mass is 16.2. The van der Waals surface area contributed by atoms with Crippen molar-refractivity contribution in [2.24, 2.45) is 17.8 Å². The molecule has 5 nitrogen and oxygen atoms in total. The maximum atomic E-state index is 12.5. The molecule has 0 saturated heterocycles. The first-order chi connectivity index (χ1) is 10.3. The van der Waals surface area contributed by atoms with Crippen molar-refractivity contribution in [1.82, 2.24) is 9.78 Å². The maximum Gasteiger partial charge on any atom is 0.227 e. The van der Waals surface area contributed by atoms with Gasteiger partial charge in [0, 0.05) is 24.0 Å². The molecule has 2 unspecified atom stereocenters. The fraction of sp³-hybridized carbons (Fsp3) is 0.706. The minimum Gasteiger partial charge on any atom is -0.323 e. The Balaban J connectivity index is 1.65. The van der Waals surface area contributed by atoms with Crippen molar-refractivity contribution in [2.45, 2.75) is 58.4 Å². The van der Waals surface area contributed by atoms with Crippen molar-refractivity contribution < 1.29 is 9.59 Å². The molecular formula is C17H25N3O2. The van der Waals surface area contributed by atoms with Crippen LogP contribution in [-0.4, -0.2) is 21.5 Å². The Morgan fingerprint density at radius 2 is 1.91 bits per heavy atom. The molecule has 22 heavy (non-hydrogen) atoms. The Labute approximate surface area is 131 Å². The summed E-state index contributed by atoms with van der Waals surface area (Å²) in [5.41, 5.74) is 0.638. The van der Waals surface area contributed by atoms with E-state index in [-0.39, 0.29) is 29.2 Å². The van der Waals surface area contributed by atoms with E-state index in [1.54, 1.807) is 6.20 Å². The van der Waals surface area contributed by atoms with Gasteiger partial charge in [0.15, 0.2) is 0 Å². The van der Waals surface area contributed by atoms with Gasteiger partial charge < -0.3 is 5.32 Å². The summed E-state index contributed by atoms with van der Waals surface area (Å²) in [6.07, 6.45) is 8.05. The second-order valence-electron chi connectivity index (χ2n) is 7.73. The average molecular weight is 303 g/mol. The summed E-state index contributed by atoms with van der Waals surface area (Å²) in [6.45, 7) is 6.21. The quantitative estimate of drug-likeness (QED) is 0.913. The molecule has 3 rings (SSSR count). The number of anilines is 1. The van der Waals surface area contributed by atoms with Crippen LogP contribution < -0.4 is 5.32 Å². The number of hydrogen-bond acceptors (Lipinski definition) is 3. The number of carbonyl (C=O) groups excluding carboxylic acids is 2. The van der Waals surface area contributed by atoms with Gasteiger partial charge in [0.1, 0.15) is 5.78 Å². The van der Waals surface area contributed by atoms with Crippen LogP contribution in [0.1, 0.15) is 52.9 Å². The molecule has 2 aliphatic rings. The molecule has 2 fully saturated rings. The number of nitrogens with one attached hydrogen (secondary N) is 1. The van der Waals surface area contributed by atoms with E-state index in [1.807, 2.05) is 10.9 Å². The topological polar surface area (TPSA) is 64.0 Å². The van der Waals surface area contributed by atoms with Gasteiger partial charge in [0.05, 0.1) is 17.4 Å². The summed E-state index contributed by atoms with van der Waals surface area (Å²) in [5, 5.41) is 7.28. The van der Waals surface area contributed by atoms with Crippen LogP contribution in [0.4, 0.5) is 5.69 Å².